The molecular formula is C12H15NS. The minimum Gasteiger partial charge on any atom is -0.324 e. The van der Waals surface area contributed by atoms with Crippen LogP contribution >= 0.6 is 11.8 Å². The predicted molar refractivity (Wildman–Crippen MR) is 63.2 cm³/mol. The first-order chi connectivity index (χ1) is 6.74. The molecule has 0 spiro atoms. The highest BCUT2D eigenvalue weighted by Gasteiger charge is 1.98. The quantitative estimate of drug-likeness (QED) is 0.606. The van der Waals surface area contributed by atoms with Gasteiger partial charge in [0.1, 0.15) is 0 Å². The molecule has 0 amide bonds. The number of thioether (sulfide) groups is 1. The van der Waals surface area contributed by atoms with Crippen molar-refractivity contribution in [3.05, 3.63) is 29.8 Å². The Morgan fingerprint density at radius 3 is 2.50 bits per heavy atom. The van der Waals surface area contributed by atoms with Gasteiger partial charge in [-0.15, -0.1) is 17.7 Å². The summed E-state index contributed by atoms with van der Waals surface area (Å²) in [6, 6.07) is 8.46. The molecule has 0 bridgehead atoms. The fourth-order valence-corrected chi connectivity index (χ4v) is 1.77. The van der Waals surface area contributed by atoms with Crippen molar-refractivity contribution in [3.8, 4) is 11.8 Å². The van der Waals surface area contributed by atoms with Gasteiger partial charge >= 0.3 is 0 Å². The highest BCUT2D eigenvalue weighted by molar-refractivity contribution is 7.99. The average Bonchev–Trinajstić information content (AvgIpc) is 2.19. The molecule has 1 aromatic carbocycles. The van der Waals surface area contributed by atoms with Crippen molar-refractivity contribution in [1.82, 2.24) is 0 Å². The smallest absolute Gasteiger partial charge is 0.0594 e. The zero-order valence-electron chi connectivity index (χ0n) is 8.58. The number of nitrogens with two attached hydrogens (primary N) is 1. The van der Waals surface area contributed by atoms with Crippen LogP contribution in [-0.2, 0) is 0 Å². The van der Waals surface area contributed by atoms with Crippen LogP contribution in [0.2, 0.25) is 0 Å². The first-order valence-electron chi connectivity index (χ1n) is 4.62. The van der Waals surface area contributed by atoms with Gasteiger partial charge in [-0.05, 0) is 31.5 Å². The van der Waals surface area contributed by atoms with E-state index >= 15 is 0 Å². The molecule has 74 valence electrons. The summed E-state index contributed by atoms with van der Waals surface area (Å²) in [5.74, 6) is 6.75. The Balaban J connectivity index is 2.58. The summed E-state index contributed by atoms with van der Waals surface area (Å²) in [7, 11) is 0. The van der Waals surface area contributed by atoms with Gasteiger partial charge in [0.2, 0.25) is 0 Å². The molecule has 0 aliphatic heterocycles. The van der Waals surface area contributed by atoms with E-state index < -0.39 is 0 Å². The molecule has 1 atom stereocenters. The van der Waals surface area contributed by atoms with Gasteiger partial charge < -0.3 is 5.73 Å². The van der Waals surface area contributed by atoms with Gasteiger partial charge in [-0.1, -0.05) is 18.1 Å². The number of hydrogen-bond acceptors (Lipinski definition) is 2. The second-order valence-electron chi connectivity index (χ2n) is 3.07. The summed E-state index contributed by atoms with van der Waals surface area (Å²) in [4.78, 5) is 1.25. The molecule has 1 aromatic rings. The van der Waals surface area contributed by atoms with Gasteiger partial charge in [0, 0.05) is 10.9 Å². The van der Waals surface area contributed by atoms with Gasteiger partial charge in [0.05, 0.1) is 5.75 Å². The molecule has 0 aliphatic carbocycles. The molecule has 2 N–H and O–H groups in total. The molecule has 0 aromatic heterocycles. The maximum Gasteiger partial charge on any atom is 0.0594 e. The molecule has 0 radical (unpaired) electrons. The van der Waals surface area contributed by atoms with E-state index in [1.165, 1.54) is 10.5 Å². The fourth-order valence-electron chi connectivity index (χ4n) is 1.06. The molecule has 1 rings (SSSR count). The number of benzene rings is 1. The minimum absolute atomic E-state index is 0.115. The van der Waals surface area contributed by atoms with Crippen LogP contribution in [0.4, 0.5) is 0 Å². The van der Waals surface area contributed by atoms with Crippen LogP contribution in [0.1, 0.15) is 25.5 Å². The van der Waals surface area contributed by atoms with Crippen LogP contribution in [0.5, 0.6) is 0 Å². The standard InChI is InChI=1S/C12H15NS/c1-3-4-9-14-12-7-5-11(6-8-12)10(2)13/h5-8,10H,9,13H2,1-2H3. The van der Waals surface area contributed by atoms with E-state index in [0.717, 1.165) is 5.75 Å². The Morgan fingerprint density at radius 1 is 1.36 bits per heavy atom. The van der Waals surface area contributed by atoms with Crippen molar-refractivity contribution in [2.24, 2.45) is 5.73 Å². The molecule has 0 saturated heterocycles. The third kappa shape index (κ3) is 3.45. The second-order valence-corrected chi connectivity index (χ2v) is 4.12. The van der Waals surface area contributed by atoms with Gasteiger partial charge in [-0.25, -0.2) is 0 Å². The molecule has 0 heterocycles. The lowest BCUT2D eigenvalue weighted by Crippen LogP contribution is -2.04. The lowest BCUT2D eigenvalue weighted by molar-refractivity contribution is 0.817. The normalized spacial score (nSPS) is 11.6. The summed E-state index contributed by atoms with van der Waals surface area (Å²) in [5.41, 5.74) is 6.93. The van der Waals surface area contributed by atoms with Crippen LogP contribution < -0.4 is 5.73 Å². The van der Waals surface area contributed by atoms with E-state index in [-0.39, 0.29) is 6.04 Å². The van der Waals surface area contributed by atoms with Crippen LogP contribution in [0.3, 0.4) is 0 Å². The lowest BCUT2D eigenvalue weighted by Gasteiger charge is -2.05. The Kier molecular flexibility index (Phi) is 4.58. The topological polar surface area (TPSA) is 26.0 Å². The van der Waals surface area contributed by atoms with Crippen molar-refractivity contribution >= 4 is 11.8 Å². The van der Waals surface area contributed by atoms with E-state index in [1.54, 1.807) is 11.8 Å². The summed E-state index contributed by atoms with van der Waals surface area (Å²) in [5, 5.41) is 0. The summed E-state index contributed by atoms with van der Waals surface area (Å²) >= 11 is 1.75. The van der Waals surface area contributed by atoms with Crippen LogP contribution in [0.15, 0.2) is 29.2 Å². The molecule has 0 fully saturated rings. The monoisotopic (exact) mass is 205 g/mol. The number of rotatable bonds is 3. The highest BCUT2D eigenvalue weighted by Crippen LogP contribution is 2.19. The first-order valence-corrected chi connectivity index (χ1v) is 5.60. The van der Waals surface area contributed by atoms with Crippen molar-refractivity contribution in [3.63, 3.8) is 0 Å². The van der Waals surface area contributed by atoms with Crippen molar-refractivity contribution < 1.29 is 0 Å². The van der Waals surface area contributed by atoms with Crippen LogP contribution in [0.25, 0.3) is 0 Å². The van der Waals surface area contributed by atoms with Crippen molar-refractivity contribution in [2.75, 3.05) is 5.75 Å². The molecule has 1 unspecified atom stereocenters. The van der Waals surface area contributed by atoms with Crippen molar-refractivity contribution in [1.29, 1.82) is 0 Å². The Hall–Kier alpha value is -0.910. The number of hydrogen-bond donors (Lipinski definition) is 1. The zero-order chi connectivity index (χ0) is 10.4. The van der Waals surface area contributed by atoms with Gasteiger partial charge in [-0.3, -0.25) is 0 Å². The Labute approximate surface area is 90.1 Å². The largest absolute Gasteiger partial charge is 0.324 e. The van der Waals surface area contributed by atoms with Crippen LogP contribution in [0, 0.1) is 11.8 Å². The van der Waals surface area contributed by atoms with E-state index in [0.29, 0.717) is 0 Å². The minimum atomic E-state index is 0.115. The maximum atomic E-state index is 5.76. The predicted octanol–water partition coefficient (Wildman–Crippen LogP) is 2.82. The third-order valence-electron chi connectivity index (χ3n) is 1.89. The molecule has 14 heavy (non-hydrogen) atoms. The van der Waals surface area contributed by atoms with E-state index in [9.17, 15) is 0 Å². The zero-order valence-corrected chi connectivity index (χ0v) is 9.40. The Morgan fingerprint density at radius 2 is 2.00 bits per heavy atom. The van der Waals surface area contributed by atoms with Crippen LogP contribution in [-0.4, -0.2) is 5.75 Å². The Bertz CT molecular complexity index is 330. The lowest BCUT2D eigenvalue weighted by atomic mass is 10.1. The summed E-state index contributed by atoms with van der Waals surface area (Å²) in [6.45, 7) is 3.85. The second kappa shape index (κ2) is 5.74. The molecule has 1 nitrogen and oxygen atoms in total. The van der Waals surface area contributed by atoms with E-state index in [2.05, 4.69) is 36.1 Å². The van der Waals surface area contributed by atoms with Gasteiger partial charge in [-0.2, -0.15) is 0 Å². The first kappa shape index (κ1) is 11.2. The SMILES string of the molecule is CC#CCSc1ccc(C(C)N)cc1. The summed E-state index contributed by atoms with van der Waals surface area (Å²) < 4.78 is 0. The van der Waals surface area contributed by atoms with Gasteiger partial charge in [0.15, 0.2) is 0 Å². The molecular weight excluding hydrogens is 190 g/mol. The van der Waals surface area contributed by atoms with E-state index in [1.807, 2.05) is 13.8 Å². The summed E-state index contributed by atoms with van der Waals surface area (Å²) in [6.07, 6.45) is 0. The molecule has 2 heteroatoms. The maximum absolute atomic E-state index is 5.76. The molecule has 0 saturated carbocycles. The average molecular weight is 205 g/mol. The fraction of sp³-hybridized carbons (Fsp3) is 0.333. The molecule has 0 aliphatic rings. The van der Waals surface area contributed by atoms with E-state index in [4.69, 9.17) is 5.73 Å². The van der Waals surface area contributed by atoms with Gasteiger partial charge in [0.25, 0.3) is 0 Å². The third-order valence-corrected chi connectivity index (χ3v) is 2.79. The van der Waals surface area contributed by atoms with Crippen molar-refractivity contribution in [2.45, 2.75) is 24.8 Å². The highest BCUT2D eigenvalue weighted by atomic mass is 32.2.